The average Bonchev–Trinajstić information content (AvgIpc) is 2.63. The van der Waals surface area contributed by atoms with E-state index in [2.05, 4.69) is 10.3 Å². The van der Waals surface area contributed by atoms with Gasteiger partial charge in [-0.2, -0.15) is 0 Å². The maximum absolute atomic E-state index is 11.0. The maximum atomic E-state index is 11.0. The predicted octanol–water partition coefficient (Wildman–Crippen LogP) is 3.05. The Labute approximate surface area is 140 Å². The fourth-order valence-electron chi connectivity index (χ4n) is 2.67. The number of benzene rings is 2. The zero-order chi connectivity index (χ0) is 16.8. The molecule has 0 unspecified atom stereocenters. The van der Waals surface area contributed by atoms with Gasteiger partial charge in [0, 0.05) is 24.7 Å². The average molecular weight is 325 g/mol. The number of amidine groups is 1. The van der Waals surface area contributed by atoms with Crippen LogP contribution in [0.4, 0.5) is 5.69 Å². The van der Waals surface area contributed by atoms with Crippen LogP contribution in [0, 0.1) is 10.1 Å². The van der Waals surface area contributed by atoms with Gasteiger partial charge in [-0.25, -0.2) is 0 Å². The molecule has 0 spiro atoms. The molecule has 0 aromatic heterocycles. The molecule has 2 aromatic rings. The lowest BCUT2D eigenvalue weighted by Gasteiger charge is -2.17. The van der Waals surface area contributed by atoms with E-state index in [0.717, 1.165) is 36.5 Å². The van der Waals surface area contributed by atoms with E-state index in [4.69, 9.17) is 4.74 Å². The van der Waals surface area contributed by atoms with E-state index in [1.807, 2.05) is 24.3 Å². The summed E-state index contributed by atoms with van der Waals surface area (Å²) in [5.74, 6) is 0.895. The number of nitrogens with zero attached hydrogens (tertiary/aromatic N) is 2. The lowest BCUT2D eigenvalue weighted by atomic mass is 10.1. The number of hydrogen-bond acceptors (Lipinski definition) is 5. The molecule has 6 nitrogen and oxygen atoms in total. The molecule has 1 aliphatic rings. The fraction of sp³-hybridized carbons (Fsp3) is 0.278. The fourth-order valence-corrected chi connectivity index (χ4v) is 2.67. The number of ether oxygens (including phenoxy) is 1. The van der Waals surface area contributed by atoms with Gasteiger partial charge in [-0.05, 0) is 18.1 Å². The predicted molar refractivity (Wildman–Crippen MR) is 92.1 cm³/mol. The third kappa shape index (κ3) is 3.78. The van der Waals surface area contributed by atoms with E-state index >= 15 is 0 Å². The second kappa shape index (κ2) is 7.70. The molecule has 0 saturated heterocycles. The summed E-state index contributed by atoms with van der Waals surface area (Å²) < 4.78 is 5.74. The molecule has 2 aromatic carbocycles. The van der Waals surface area contributed by atoms with Gasteiger partial charge in [0.1, 0.15) is 5.84 Å². The lowest BCUT2D eigenvalue weighted by Crippen LogP contribution is -2.31. The highest BCUT2D eigenvalue weighted by atomic mass is 16.6. The van der Waals surface area contributed by atoms with Gasteiger partial charge < -0.3 is 10.1 Å². The first-order valence-corrected chi connectivity index (χ1v) is 7.92. The molecule has 0 fully saturated rings. The Morgan fingerprint density at radius 3 is 2.54 bits per heavy atom. The van der Waals surface area contributed by atoms with E-state index in [1.165, 1.54) is 6.07 Å². The highest BCUT2D eigenvalue weighted by Gasteiger charge is 2.14. The van der Waals surface area contributed by atoms with E-state index in [1.54, 1.807) is 18.2 Å². The number of rotatable bonds is 6. The quantitative estimate of drug-likeness (QED) is 0.654. The number of nitro groups is 1. The van der Waals surface area contributed by atoms with Crippen molar-refractivity contribution in [3.63, 3.8) is 0 Å². The molecule has 0 aliphatic carbocycles. The van der Waals surface area contributed by atoms with Crippen molar-refractivity contribution in [3.8, 4) is 0 Å². The number of hydrogen-bond donors (Lipinski definition) is 1. The summed E-state index contributed by atoms with van der Waals surface area (Å²) in [4.78, 5) is 15.2. The third-order valence-corrected chi connectivity index (χ3v) is 3.87. The van der Waals surface area contributed by atoms with Crippen molar-refractivity contribution >= 4 is 11.5 Å². The molecule has 1 heterocycles. The molecular weight excluding hydrogens is 306 g/mol. The first kappa shape index (κ1) is 16.1. The minimum Gasteiger partial charge on any atom is -0.372 e. The zero-order valence-corrected chi connectivity index (χ0v) is 13.3. The zero-order valence-electron chi connectivity index (χ0n) is 13.3. The van der Waals surface area contributed by atoms with Crippen molar-refractivity contribution < 1.29 is 9.66 Å². The summed E-state index contributed by atoms with van der Waals surface area (Å²) >= 11 is 0. The van der Waals surface area contributed by atoms with Crippen LogP contribution < -0.4 is 5.32 Å². The smallest absolute Gasteiger partial charge is 0.274 e. The van der Waals surface area contributed by atoms with Crippen molar-refractivity contribution in [2.24, 2.45) is 4.99 Å². The minimum absolute atomic E-state index is 0.0871. The molecule has 1 N–H and O–H groups in total. The molecule has 6 heteroatoms. The van der Waals surface area contributed by atoms with Crippen LogP contribution in [0.3, 0.4) is 0 Å². The Balaban J connectivity index is 1.70. The van der Waals surface area contributed by atoms with Gasteiger partial charge in [0.2, 0.25) is 0 Å². The van der Waals surface area contributed by atoms with Crippen LogP contribution in [-0.4, -0.2) is 23.8 Å². The van der Waals surface area contributed by atoms with Crippen molar-refractivity contribution in [2.45, 2.75) is 19.6 Å². The van der Waals surface area contributed by atoms with Crippen LogP contribution in [-0.2, 0) is 18.0 Å². The van der Waals surface area contributed by atoms with E-state index in [0.29, 0.717) is 12.2 Å². The second-order valence-corrected chi connectivity index (χ2v) is 5.55. The normalized spacial score (nSPS) is 13.9. The molecule has 1 aliphatic heterocycles. The van der Waals surface area contributed by atoms with Crippen LogP contribution in [0.5, 0.6) is 0 Å². The first-order chi connectivity index (χ1) is 11.8. The Morgan fingerprint density at radius 2 is 1.79 bits per heavy atom. The van der Waals surface area contributed by atoms with Gasteiger partial charge in [-0.1, -0.05) is 36.4 Å². The summed E-state index contributed by atoms with van der Waals surface area (Å²) in [6.07, 6.45) is 1.04. The van der Waals surface area contributed by atoms with E-state index in [9.17, 15) is 10.1 Å². The van der Waals surface area contributed by atoms with E-state index < -0.39 is 0 Å². The summed E-state index contributed by atoms with van der Waals surface area (Å²) in [6, 6.07) is 14.6. The van der Waals surface area contributed by atoms with Gasteiger partial charge in [0.05, 0.1) is 23.7 Å². The molecule has 0 amide bonds. The monoisotopic (exact) mass is 325 g/mol. The van der Waals surface area contributed by atoms with Crippen molar-refractivity contribution in [3.05, 3.63) is 75.3 Å². The Morgan fingerprint density at radius 1 is 1.08 bits per heavy atom. The SMILES string of the molecule is O=[N+]([O-])c1ccccc1COCc1ccccc1C1=NCCCN1. The molecular formula is C18H19N3O3. The van der Waals surface area contributed by atoms with Crippen molar-refractivity contribution in [1.82, 2.24) is 5.32 Å². The summed E-state index contributed by atoms with van der Waals surface area (Å²) in [5, 5.41) is 14.4. The van der Waals surface area contributed by atoms with Crippen LogP contribution in [0.25, 0.3) is 0 Å². The maximum Gasteiger partial charge on any atom is 0.274 e. The molecule has 0 atom stereocenters. The molecule has 0 bridgehead atoms. The van der Waals surface area contributed by atoms with Crippen LogP contribution in [0.15, 0.2) is 53.5 Å². The van der Waals surface area contributed by atoms with Gasteiger partial charge in [0.15, 0.2) is 0 Å². The van der Waals surface area contributed by atoms with Gasteiger partial charge >= 0.3 is 0 Å². The standard InChI is InChI=1S/C18H19N3O3/c22-21(23)17-9-4-2-7-15(17)13-24-12-14-6-1-3-8-16(14)18-19-10-5-11-20-18/h1-4,6-9H,5,10-13H2,(H,19,20). The Kier molecular flexibility index (Phi) is 5.18. The van der Waals surface area contributed by atoms with E-state index in [-0.39, 0.29) is 17.2 Å². The molecule has 124 valence electrons. The number of aliphatic imine (C=N–C) groups is 1. The summed E-state index contributed by atoms with van der Waals surface area (Å²) in [7, 11) is 0. The number of nitrogens with one attached hydrogen (secondary N) is 1. The van der Waals surface area contributed by atoms with Crippen LogP contribution in [0.1, 0.15) is 23.1 Å². The highest BCUT2D eigenvalue weighted by Crippen LogP contribution is 2.20. The molecule has 3 rings (SSSR count). The van der Waals surface area contributed by atoms with Crippen molar-refractivity contribution in [1.29, 1.82) is 0 Å². The largest absolute Gasteiger partial charge is 0.372 e. The molecule has 24 heavy (non-hydrogen) atoms. The topological polar surface area (TPSA) is 76.8 Å². The lowest BCUT2D eigenvalue weighted by molar-refractivity contribution is -0.386. The first-order valence-electron chi connectivity index (χ1n) is 7.92. The Bertz CT molecular complexity index is 759. The van der Waals surface area contributed by atoms with Gasteiger partial charge in [0.25, 0.3) is 5.69 Å². The summed E-state index contributed by atoms with van der Waals surface area (Å²) in [6.45, 7) is 2.33. The molecule has 0 saturated carbocycles. The van der Waals surface area contributed by atoms with Gasteiger partial charge in [-0.3, -0.25) is 15.1 Å². The third-order valence-electron chi connectivity index (χ3n) is 3.87. The number of nitro benzene ring substituents is 1. The minimum atomic E-state index is -0.382. The Hall–Kier alpha value is -2.73. The summed E-state index contributed by atoms with van der Waals surface area (Å²) in [5.41, 5.74) is 2.71. The number of para-hydroxylation sites is 1. The van der Waals surface area contributed by atoms with Crippen LogP contribution in [0.2, 0.25) is 0 Å². The van der Waals surface area contributed by atoms with Crippen LogP contribution >= 0.6 is 0 Å². The van der Waals surface area contributed by atoms with Gasteiger partial charge in [-0.15, -0.1) is 0 Å². The molecule has 0 radical (unpaired) electrons. The second-order valence-electron chi connectivity index (χ2n) is 5.55. The van der Waals surface area contributed by atoms with Crippen molar-refractivity contribution in [2.75, 3.05) is 13.1 Å². The highest BCUT2D eigenvalue weighted by molar-refractivity contribution is 6.00.